The summed E-state index contributed by atoms with van der Waals surface area (Å²) in [6.07, 6.45) is 0.134. The molecule has 1 N–H and O–H groups in total. The fraction of sp³-hybridized carbons (Fsp3) is 0.133. The molecule has 2 aromatic carbocycles. The lowest BCUT2D eigenvalue weighted by atomic mass is 10.1. The zero-order chi connectivity index (χ0) is 14.7. The minimum atomic E-state index is -0.376. The number of amides is 1. The van der Waals surface area contributed by atoms with Crippen molar-refractivity contribution in [3.8, 4) is 0 Å². The maximum atomic E-state index is 13.3. The largest absolute Gasteiger partial charge is 0.326 e. The van der Waals surface area contributed by atoms with Gasteiger partial charge in [0.25, 0.3) is 0 Å². The zero-order valence-corrected chi connectivity index (χ0v) is 12.3. The second kappa shape index (κ2) is 6.13. The first-order valence-corrected chi connectivity index (χ1v) is 6.75. The van der Waals surface area contributed by atoms with Gasteiger partial charge >= 0.3 is 0 Å². The lowest BCUT2D eigenvalue weighted by molar-refractivity contribution is -0.115. The van der Waals surface area contributed by atoms with Crippen LogP contribution in [-0.4, -0.2) is 5.91 Å². The van der Waals surface area contributed by atoms with Gasteiger partial charge < -0.3 is 5.32 Å². The molecule has 0 unspecified atom stereocenters. The van der Waals surface area contributed by atoms with Crippen molar-refractivity contribution in [1.82, 2.24) is 0 Å². The molecule has 0 atom stereocenters. The Labute approximate surface area is 123 Å². The van der Waals surface area contributed by atoms with E-state index < -0.39 is 0 Å². The summed E-state index contributed by atoms with van der Waals surface area (Å²) in [6.45, 7) is 1.71. The van der Waals surface area contributed by atoms with Crippen molar-refractivity contribution in [2.45, 2.75) is 13.3 Å². The van der Waals surface area contributed by atoms with E-state index in [2.05, 4.69) is 21.2 Å². The molecule has 0 saturated carbocycles. The molecule has 2 rings (SSSR count). The van der Waals surface area contributed by atoms with Crippen molar-refractivity contribution in [3.05, 3.63) is 63.6 Å². The summed E-state index contributed by atoms with van der Waals surface area (Å²) < 4.78 is 26.3. The number of halogens is 3. The van der Waals surface area contributed by atoms with Crippen LogP contribution in [0.1, 0.15) is 11.1 Å². The molecule has 0 bridgehead atoms. The van der Waals surface area contributed by atoms with Gasteiger partial charge in [0.1, 0.15) is 11.6 Å². The van der Waals surface area contributed by atoms with Gasteiger partial charge in [0.15, 0.2) is 0 Å². The fourth-order valence-electron chi connectivity index (χ4n) is 1.76. The van der Waals surface area contributed by atoms with Gasteiger partial charge in [0.2, 0.25) is 5.91 Å². The van der Waals surface area contributed by atoms with Gasteiger partial charge in [-0.2, -0.15) is 0 Å². The Hall–Kier alpha value is -1.75. The second-order valence-corrected chi connectivity index (χ2v) is 5.29. The quantitative estimate of drug-likeness (QED) is 0.891. The molecule has 104 valence electrons. The van der Waals surface area contributed by atoms with Crippen molar-refractivity contribution in [1.29, 1.82) is 0 Å². The molecule has 0 aliphatic carbocycles. The maximum absolute atomic E-state index is 13.3. The van der Waals surface area contributed by atoms with Crippen LogP contribution in [0.5, 0.6) is 0 Å². The minimum absolute atomic E-state index is 0.134. The van der Waals surface area contributed by atoms with Crippen LogP contribution in [0.15, 0.2) is 40.9 Å². The van der Waals surface area contributed by atoms with Gasteiger partial charge in [-0.15, -0.1) is 0 Å². The van der Waals surface area contributed by atoms with Crippen LogP contribution >= 0.6 is 15.9 Å². The highest BCUT2D eigenvalue weighted by Gasteiger charge is 2.09. The summed E-state index contributed by atoms with van der Waals surface area (Å²) in [4.78, 5) is 11.9. The summed E-state index contributed by atoms with van der Waals surface area (Å²) >= 11 is 3.08. The van der Waals surface area contributed by atoms with E-state index in [1.807, 2.05) is 0 Å². The summed E-state index contributed by atoms with van der Waals surface area (Å²) in [6, 6.07) is 8.60. The number of anilines is 1. The van der Waals surface area contributed by atoms with Crippen LogP contribution in [0.25, 0.3) is 0 Å². The Morgan fingerprint density at radius 3 is 2.50 bits per heavy atom. The van der Waals surface area contributed by atoms with Crippen LogP contribution in [0.3, 0.4) is 0 Å². The highest BCUT2D eigenvalue weighted by Crippen LogP contribution is 2.24. The Morgan fingerprint density at radius 1 is 1.20 bits per heavy atom. The van der Waals surface area contributed by atoms with Crippen molar-refractivity contribution >= 4 is 27.5 Å². The van der Waals surface area contributed by atoms with Gasteiger partial charge in [-0.05, 0) is 58.2 Å². The SMILES string of the molecule is Cc1cc(F)c(Br)cc1NC(=O)Cc1ccc(F)cc1. The van der Waals surface area contributed by atoms with Gasteiger partial charge in [0, 0.05) is 5.69 Å². The van der Waals surface area contributed by atoms with Crippen molar-refractivity contribution < 1.29 is 13.6 Å². The number of hydrogen-bond donors (Lipinski definition) is 1. The number of carbonyl (C=O) groups excluding carboxylic acids is 1. The van der Waals surface area contributed by atoms with E-state index >= 15 is 0 Å². The molecule has 0 aromatic heterocycles. The molecule has 2 nitrogen and oxygen atoms in total. The Bertz CT molecular complexity index is 641. The average molecular weight is 340 g/mol. The third-order valence-electron chi connectivity index (χ3n) is 2.82. The van der Waals surface area contributed by atoms with Crippen molar-refractivity contribution in [2.75, 3.05) is 5.32 Å². The van der Waals surface area contributed by atoms with Gasteiger partial charge in [0.05, 0.1) is 10.9 Å². The second-order valence-electron chi connectivity index (χ2n) is 4.43. The smallest absolute Gasteiger partial charge is 0.228 e. The average Bonchev–Trinajstić information content (AvgIpc) is 2.39. The Morgan fingerprint density at radius 2 is 1.85 bits per heavy atom. The Kier molecular flexibility index (Phi) is 4.49. The van der Waals surface area contributed by atoms with Crippen LogP contribution < -0.4 is 5.32 Å². The molecule has 0 aliphatic heterocycles. The first-order valence-electron chi connectivity index (χ1n) is 5.95. The first-order chi connectivity index (χ1) is 9.45. The number of nitrogens with one attached hydrogen (secondary N) is 1. The van der Waals surface area contributed by atoms with Gasteiger partial charge in [-0.3, -0.25) is 4.79 Å². The summed E-state index contributed by atoms with van der Waals surface area (Å²) in [5.41, 5.74) is 1.89. The molecule has 20 heavy (non-hydrogen) atoms. The number of rotatable bonds is 3. The number of aryl methyl sites for hydroxylation is 1. The molecular weight excluding hydrogens is 328 g/mol. The highest BCUT2D eigenvalue weighted by molar-refractivity contribution is 9.10. The van der Waals surface area contributed by atoms with E-state index in [-0.39, 0.29) is 24.0 Å². The molecule has 2 aromatic rings. The van der Waals surface area contributed by atoms with Crippen molar-refractivity contribution in [2.24, 2.45) is 0 Å². The predicted octanol–water partition coefficient (Wildman–Crippen LogP) is 4.22. The van der Waals surface area contributed by atoms with E-state index in [9.17, 15) is 13.6 Å². The van der Waals surface area contributed by atoms with Crippen LogP contribution in [-0.2, 0) is 11.2 Å². The van der Waals surface area contributed by atoms with Gasteiger partial charge in [-0.25, -0.2) is 8.78 Å². The molecular formula is C15H12BrF2NO. The molecule has 0 radical (unpaired) electrons. The molecule has 5 heteroatoms. The summed E-state index contributed by atoms with van der Waals surface area (Å²) in [7, 11) is 0. The lowest BCUT2D eigenvalue weighted by Crippen LogP contribution is -2.15. The third-order valence-corrected chi connectivity index (χ3v) is 3.43. The maximum Gasteiger partial charge on any atom is 0.228 e. The minimum Gasteiger partial charge on any atom is -0.326 e. The number of benzene rings is 2. The van der Waals surface area contributed by atoms with E-state index in [1.165, 1.54) is 24.3 Å². The molecule has 0 aliphatic rings. The van der Waals surface area contributed by atoms with Crippen molar-refractivity contribution in [3.63, 3.8) is 0 Å². The monoisotopic (exact) mass is 339 g/mol. The normalized spacial score (nSPS) is 10.4. The zero-order valence-electron chi connectivity index (χ0n) is 10.7. The van der Waals surface area contributed by atoms with Crippen LogP contribution in [0.2, 0.25) is 0 Å². The predicted molar refractivity (Wildman–Crippen MR) is 77.6 cm³/mol. The standard InChI is InChI=1S/C15H12BrF2NO/c1-9-6-13(18)12(16)8-14(9)19-15(20)7-10-2-4-11(17)5-3-10/h2-6,8H,7H2,1H3,(H,19,20). The Balaban J connectivity index is 2.08. The number of hydrogen-bond acceptors (Lipinski definition) is 1. The summed E-state index contributed by atoms with van der Waals surface area (Å²) in [5.74, 6) is -0.954. The fourth-order valence-corrected chi connectivity index (χ4v) is 2.11. The molecule has 0 saturated heterocycles. The van der Waals surface area contributed by atoms with Crippen LogP contribution in [0.4, 0.5) is 14.5 Å². The third kappa shape index (κ3) is 3.63. The number of carbonyl (C=O) groups is 1. The molecule has 1 amide bonds. The summed E-state index contributed by atoms with van der Waals surface area (Å²) in [5, 5.41) is 2.71. The highest BCUT2D eigenvalue weighted by atomic mass is 79.9. The van der Waals surface area contributed by atoms with Crippen LogP contribution in [0, 0.1) is 18.6 Å². The molecule has 0 heterocycles. The topological polar surface area (TPSA) is 29.1 Å². The molecule has 0 spiro atoms. The van der Waals surface area contributed by atoms with E-state index in [1.54, 1.807) is 19.1 Å². The molecule has 0 fully saturated rings. The first kappa shape index (κ1) is 14.7. The van der Waals surface area contributed by atoms with E-state index in [0.717, 1.165) is 0 Å². The van der Waals surface area contributed by atoms with Gasteiger partial charge in [-0.1, -0.05) is 12.1 Å². The van der Waals surface area contributed by atoms with E-state index in [0.29, 0.717) is 21.3 Å². The van der Waals surface area contributed by atoms with E-state index in [4.69, 9.17) is 0 Å². The lowest BCUT2D eigenvalue weighted by Gasteiger charge is -2.09.